The van der Waals surface area contributed by atoms with E-state index in [0.29, 0.717) is 11.4 Å². The Morgan fingerprint density at radius 1 is 1.06 bits per heavy atom. The molecular formula is C12H8F2N2. The van der Waals surface area contributed by atoms with Crippen LogP contribution >= 0.6 is 0 Å². The standard InChI is InChI=1S/C12H8F2N2/c13-11(14)12-15-8-5-1-3-7-4-2-6-9(16-12)10(7)8/h1-6,11H,(H,15,16). The second kappa shape index (κ2) is 3.27. The molecule has 1 heterocycles. The summed E-state index contributed by atoms with van der Waals surface area (Å²) < 4.78 is 25.2. The number of halogens is 2. The molecule has 0 amide bonds. The first-order valence-corrected chi connectivity index (χ1v) is 4.91. The van der Waals surface area contributed by atoms with Gasteiger partial charge in [0.05, 0.1) is 5.69 Å². The Bertz CT molecular complexity index is 585. The molecule has 0 unspecified atom stereocenters. The SMILES string of the molecule is FC(F)C1=Nc2cccc3cccc(c23)N1. The minimum atomic E-state index is -2.58. The van der Waals surface area contributed by atoms with Crippen LogP contribution in [0.15, 0.2) is 41.4 Å². The summed E-state index contributed by atoms with van der Waals surface area (Å²) in [5, 5.41) is 4.56. The van der Waals surface area contributed by atoms with Gasteiger partial charge in [-0.1, -0.05) is 24.3 Å². The number of nitrogens with one attached hydrogen (secondary N) is 1. The highest BCUT2D eigenvalue weighted by atomic mass is 19.3. The number of aliphatic imine (C=N–C) groups is 1. The largest absolute Gasteiger partial charge is 0.338 e. The first kappa shape index (κ1) is 9.27. The first-order valence-electron chi connectivity index (χ1n) is 4.91. The second-order valence-corrected chi connectivity index (χ2v) is 3.60. The molecular weight excluding hydrogens is 210 g/mol. The molecule has 0 atom stereocenters. The van der Waals surface area contributed by atoms with Gasteiger partial charge in [-0.25, -0.2) is 13.8 Å². The maximum atomic E-state index is 12.6. The zero-order valence-electron chi connectivity index (χ0n) is 8.24. The number of hydrogen-bond acceptors (Lipinski definition) is 2. The fourth-order valence-electron chi connectivity index (χ4n) is 1.92. The summed E-state index contributed by atoms with van der Waals surface area (Å²) in [4.78, 5) is 3.92. The van der Waals surface area contributed by atoms with Gasteiger partial charge in [0.1, 0.15) is 0 Å². The molecule has 2 aromatic carbocycles. The highest BCUT2D eigenvalue weighted by Crippen LogP contribution is 2.35. The lowest BCUT2D eigenvalue weighted by molar-refractivity contribution is 0.225. The molecule has 0 saturated carbocycles. The summed E-state index contributed by atoms with van der Waals surface area (Å²) in [6.45, 7) is 0. The molecule has 80 valence electrons. The molecule has 0 aromatic heterocycles. The average Bonchev–Trinajstić information content (AvgIpc) is 2.29. The highest BCUT2D eigenvalue weighted by Gasteiger charge is 2.19. The van der Waals surface area contributed by atoms with E-state index in [9.17, 15) is 8.78 Å². The maximum absolute atomic E-state index is 12.6. The van der Waals surface area contributed by atoms with Crippen molar-refractivity contribution in [1.29, 1.82) is 0 Å². The Morgan fingerprint density at radius 3 is 2.56 bits per heavy atom. The maximum Gasteiger partial charge on any atom is 0.295 e. The van der Waals surface area contributed by atoms with Crippen LogP contribution in [-0.2, 0) is 0 Å². The zero-order chi connectivity index (χ0) is 11.1. The minimum Gasteiger partial charge on any atom is -0.338 e. The van der Waals surface area contributed by atoms with Gasteiger partial charge in [-0.05, 0) is 17.5 Å². The number of amidine groups is 1. The first-order chi connectivity index (χ1) is 7.75. The number of rotatable bonds is 1. The van der Waals surface area contributed by atoms with Crippen molar-refractivity contribution in [3.05, 3.63) is 36.4 Å². The molecule has 4 heteroatoms. The van der Waals surface area contributed by atoms with Crippen molar-refractivity contribution in [3.8, 4) is 0 Å². The molecule has 0 fully saturated rings. The van der Waals surface area contributed by atoms with E-state index < -0.39 is 6.43 Å². The van der Waals surface area contributed by atoms with Gasteiger partial charge in [0.2, 0.25) is 0 Å². The summed E-state index contributed by atoms with van der Waals surface area (Å²) in [6, 6.07) is 11.1. The minimum absolute atomic E-state index is 0.286. The lowest BCUT2D eigenvalue weighted by Crippen LogP contribution is -2.22. The van der Waals surface area contributed by atoms with Crippen molar-refractivity contribution >= 4 is 28.0 Å². The van der Waals surface area contributed by atoms with Crippen LogP contribution in [0.1, 0.15) is 0 Å². The predicted molar refractivity (Wildman–Crippen MR) is 60.7 cm³/mol. The molecule has 1 aliphatic heterocycles. The van der Waals surface area contributed by atoms with E-state index in [1.165, 1.54) is 0 Å². The molecule has 0 bridgehead atoms. The van der Waals surface area contributed by atoms with Crippen LogP contribution in [-0.4, -0.2) is 12.3 Å². The second-order valence-electron chi connectivity index (χ2n) is 3.60. The van der Waals surface area contributed by atoms with E-state index in [-0.39, 0.29) is 5.84 Å². The molecule has 2 nitrogen and oxygen atoms in total. The van der Waals surface area contributed by atoms with Crippen LogP contribution < -0.4 is 5.32 Å². The fourth-order valence-corrected chi connectivity index (χ4v) is 1.92. The van der Waals surface area contributed by atoms with E-state index in [4.69, 9.17) is 0 Å². The normalized spacial score (nSPS) is 13.8. The van der Waals surface area contributed by atoms with E-state index in [1.807, 2.05) is 24.3 Å². The molecule has 2 aromatic rings. The summed E-state index contributed by atoms with van der Waals surface area (Å²) in [6.07, 6.45) is -2.58. The van der Waals surface area contributed by atoms with Crippen LogP contribution in [0.2, 0.25) is 0 Å². The van der Waals surface area contributed by atoms with Crippen molar-refractivity contribution in [2.75, 3.05) is 5.32 Å². The van der Waals surface area contributed by atoms with Crippen LogP contribution in [0.3, 0.4) is 0 Å². The van der Waals surface area contributed by atoms with Gasteiger partial charge in [-0.3, -0.25) is 0 Å². The molecule has 0 aliphatic carbocycles. The lowest BCUT2D eigenvalue weighted by atomic mass is 10.1. The van der Waals surface area contributed by atoms with E-state index in [1.54, 1.807) is 12.1 Å². The van der Waals surface area contributed by atoms with Gasteiger partial charge in [0, 0.05) is 11.1 Å². The van der Waals surface area contributed by atoms with Gasteiger partial charge in [-0.15, -0.1) is 0 Å². The smallest absolute Gasteiger partial charge is 0.295 e. The summed E-state index contributed by atoms with van der Waals surface area (Å²) in [7, 11) is 0. The van der Waals surface area contributed by atoms with Crippen LogP contribution in [0.4, 0.5) is 20.2 Å². The fraction of sp³-hybridized carbons (Fsp3) is 0.0833. The summed E-state index contributed by atoms with van der Waals surface area (Å²) in [5.41, 5.74) is 1.29. The van der Waals surface area contributed by atoms with Gasteiger partial charge >= 0.3 is 0 Å². The Hall–Kier alpha value is -1.97. The summed E-state index contributed by atoms with van der Waals surface area (Å²) in [5.74, 6) is -0.286. The van der Waals surface area contributed by atoms with Crippen molar-refractivity contribution in [2.24, 2.45) is 4.99 Å². The zero-order valence-corrected chi connectivity index (χ0v) is 8.24. The number of benzene rings is 2. The Labute approximate surface area is 90.6 Å². The van der Waals surface area contributed by atoms with E-state index in [2.05, 4.69) is 10.3 Å². The van der Waals surface area contributed by atoms with Crippen molar-refractivity contribution in [1.82, 2.24) is 0 Å². The molecule has 1 N–H and O–H groups in total. The number of alkyl halides is 2. The average molecular weight is 218 g/mol. The monoisotopic (exact) mass is 218 g/mol. The molecule has 3 rings (SSSR count). The van der Waals surface area contributed by atoms with Crippen LogP contribution in [0, 0.1) is 0 Å². The van der Waals surface area contributed by atoms with E-state index in [0.717, 1.165) is 10.8 Å². The highest BCUT2D eigenvalue weighted by molar-refractivity contribution is 6.14. The third-order valence-corrected chi connectivity index (χ3v) is 2.59. The van der Waals surface area contributed by atoms with Gasteiger partial charge in [0.15, 0.2) is 5.84 Å². The van der Waals surface area contributed by atoms with Crippen molar-refractivity contribution in [2.45, 2.75) is 6.43 Å². The van der Waals surface area contributed by atoms with Crippen molar-refractivity contribution in [3.63, 3.8) is 0 Å². The Kier molecular flexibility index (Phi) is 1.89. The van der Waals surface area contributed by atoms with Crippen LogP contribution in [0.25, 0.3) is 10.8 Å². The predicted octanol–water partition coefficient (Wildman–Crippen LogP) is 3.56. The number of hydrogen-bond donors (Lipinski definition) is 1. The molecule has 0 spiro atoms. The van der Waals surface area contributed by atoms with Crippen molar-refractivity contribution < 1.29 is 8.78 Å². The molecule has 0 saturated heterocycles. The Morgan fingerprint density at radius 2 is 1.81 bits per heavy atom. The van der Waals surface area contributed by atoms with Gasteiger partial charge < -0.3 is 5.32 Å². The third-order valence-electron chi connectivity index (χ3n) is 2.59. The number of anilines is 1. The number of nitrogens with zero attached hydrogens (tertiary/aromatic N) is 1. The molecule has 0 radical (unpaired) electrons. The topological polar surface area (TPSA) is 24.4 Å². The van der Waals surface area contributed by atoms with Crippen LogP contribution in [0.5, 0.6) is 0 Å². The van der Waals surface area contributed by atoms with E-state index >= 15 is 0 Å². The van der Waals surface area contributed by atoms with Gasteiger partial charge in [0.25, 0.3) is 6.43 Å². The summed E-state index contributed by atoms with van der Waals surface area (Å²) >= 11 is 0. The molecule has 1 aliphatic rings. The lowest BCUT2D eigenvalue weighted by Gasteiger charge is -2.18. The third kappa shape index (κ3) is 1.26. The molecule has 16 heavy (non-hydrogen) atoms. The Balaban J connectivity index is 2.32. The van der Waals surface area contributed by atoms with Gasteiger partial charge in [-0.2, -0.15) is 0 Å². The quantitative estimate of drug-likeness (QED) is 0.777.